The van der Waals surface area contributed by atoms with Crippen LogP contribution < -0.4 is 0 Å². The quantitative estimate of drug-likeness (QED) is 0.131. The topological polar surface area (TPSA) is 55.8 Å². The molecular formula is C27H53NO4. The SMILES string of the molecule is CCCCCCCCC(CCCCCC)C(=O)OCC(C)OC(=O)CCCCCN(C)C. The molecule has 0 aliphatic rings. The summed E-state index contributed by atoms with van der Waals surface area (Å²) in [6.07, 6.45) is 16.9. The molecule has 0 rings (SSSR count). The van der Waals surface area contributed by atoms with E-state index >= 15 is 0 Å². The first kappa shape index (κ1) is 30.9. The number of nitrogens with zero attached hydrogens (tertiary/aromatic N) is 1. The molecular weight excluding hydrogens is 402 g/mol. The maximum absolute atomic E-state index is 12.7. The van der Waals surface area contributed by atoms with E-state index in [1.807, 2.05) is 0 Å². The summed E-state index contributed by atoms with van der Waals surface area (Å²) >= 11 is 0. The van der Waals surface area contributed by atoms with Crippen LogP contribution in [0, 0.1) is 5.92 Å². The molecule has 0 amide bonds. The second-order valence-electron chi connectivity index (χ2n) is 9.65. The molecule has 0 aliphatic heterocycles. The van der Waals surface area contributed by atoms with E-state index in [1.54, 1.807) is 6.92 Å². The third kappa shape index (κ3) is 19.6. The molecule has 190 valence electrons. The molecule has 32 heavy (non-hydrogen) atoms. The molecule has 0 saturated heterocycles. The predicted molar refractivity (Wildman–Crippen MR) is 134 cm³/mol. The van der Waals surface area contributed by atoms with Crippen LogP contribution in [0.2, 0.25) is 0 Å². The van der Waals surface area contributed by atoms with Crippen LogP contribution in [0.5, 0.6) is 0 Å². The van der Waals surface area contributed by atoms with Gasteiger partial charge in [0.15, 0.2) is 0 Å². The lowest BCUT2D eigenvalue weighted by Gasteiger charge is -2.18. The van der Waals surface area contributed by atoms with E-state index in [0.717, 1.165) is 51.5 Å². The van der Waals surface area contributed by atoms with E-state index in [1.165, 1.54) is 51.4 Å². The van der Waals surface area contributed by atoms with Crippen molar-refractivity contribution in [3.8, 4) is 0 Å². The normalized spacial score (nSPS) is 13.2. The zero-order chi connectivity index (χ0) is 24.0. The standard InChI is InChI=1S/C27H53NO4/c1-6-8-10-12-13-16-20-25(19-15-11-9-7-2)27(30)31-23-24(3)32-26(29)21-17-14-18-22-28(4)5/h24-25H,6-23H2,1-5H3. The van der Waals surface area contributed by atoms with Crippen LogP contribution in [0.4, 0.5) is 0 Å². The Kier molecular flexibility index (Phi) is 21.0. The Bertz CT molecular complexity index is 453. The Hall–Kier alpha value is -1.10. The molecule has 0 aliphatic carbocycles. The zero-order valence-electron chi connectivity index (χ0n) is 22.0. The first-order chi connectivity index (χ1) is 15.4. The third-order valence-electron chi connectivity index (χ3n) is 5.92. The van der Waals surface area contributed by atoms with Crippen molar-refractivity contribution in [3.05, 3.63) is 0 Å². The zero-order valence-corrected chi connectivity index (χ0v) is 22.0. The maximum atomic E-state index is 12.7. The van der Waals surface area contributed by atoms with Gasteiger partial charge in [-0.15, -0.1) is 0 Å². The Morgan fingerprint density at radius 3 is 1.88 bits per heavy atom. The summed E-state index contributed by atoms with van der Waals surface area (Å²) < 4.78 is 11.0. The fourth-order valence-electron chi connectivity index (χ4n) is 3.88. The highest BCUT2D eigenvalue weighted by Crippen LogP contribution is 2.20. The highest BCUT2D eigenvalue weighted by molar-refractivity contribution is 5.72. The van der Waals surface area contributed by atoms with E-state index in [0.29, 0.717) is 6.42 Å². The van der Waals surface area contributed by atoms with Gasteiger partial charge >= 0.3 is 11.9 Å². The molecule has 0 bridgehead atoms. The first-order valence-electron chi connectivity index (χ1n) is 13.4. The van der Waals surface area contributed by atoms with Crippen LogP contribution in [-0.2, 0) is 19.1 Å². The number of ether oxygens (including phenoxy) is 2. The van der Waals surface area contributed by atoms with Crippen LogP contribution >= 0.6 is 0 Å². The number of hydrogen-bond acceptors (Lipinski definition) is 5. The Labute approximate surface area is 199 Å². The molecule has 0 aromatic heterocycles. The van der Waals surface area contributed by atoms with Gasteiger partial charge in [-0.3, -0.25) is 9.59 Å². The summed E-state index contributed by atoms with van der Waals surface area (Å²) in [4.78, 5) is 26.9. The molecule has 0 radical (unpaired) electrons. The predicted octanol–water partition coefficient (Wildman–Crippen LogP) is 6.92. The van der Waals surface area contributed by atoms with E-state index in [-0.39, 0.29) is 30.6 Å². The van der Waals surface area contributed by atoms with Crippen molar-refractivity contribution in [2.75, 3.05) is 27.2 Å². The highest BCUT2D eigenvalue weighted by Gasteiger charge is 2.21. The molecule has 5 heteroatoms. The minimum atomic E-state index is -0.386. The number of esters is 2. The van der Waals surface area contributed by atoms with Crippen molar-refractivity contribution < 1.29 is 19.1 Å². The lowest BCUT2D eigenvalue weighted by atomic mass is 9.94. The van der Waals surface area contributed by atoms with Gasteiger partial charge in [0.2, 0.25) is 0 Å². The number of unbranched alkanes of at least 4 members (excludes halogenated alkanes) is 10. The first-order valence-corrected chi connectivity index (χ1v) is 13.4. The van der Waals surface area contributed by atoms with Gasteiger partial charge in [0.25, 0.3) is 0 Å². The van der Waals surface area contributed by atoms with Crippen LogP contribution in [-0.4, -0.2) is 50.2 Å². The van der Waals surface area contributed by atoms with Crippen molar-refractivity contribution in [1.82, 2.24) is 4.90 Å². The third-order valence-corrected chi connectivity index (χ3v) is 5.92. The van der Waals surface area contributed by atoms with Crippen molar-refractivity contribution >= 4 is 11.9 Å². The van der Waals surface area contributed by atoms with Crippen LogP contribution in [0.15, 0.2) is 0 Å². The Morgan fingerprint density at radius 2 is 1.28 bits per heavy atom. The fraction of sp³-hybridized carbons (Fsp3) is 0.926. The van der Waals surface area contributed by atoms with E-state index in [2.05, 4.69) is 32.8 Å². The monoisotopic (exact) mass is 455 g/mol. The summed E-state index contributed by atoms with van der Waals surface area (Å²) in [6, 6.07) is 0. The summed E-state index contributed by atoms with van der Waals surface area (Å²) in [6.45, 7) is 7.44. The van der Waals surface area contributed by atoms with Gasteiger partial charge < -0.3 is 14.4 Å². The van der Waals surface area contributed by atoms with Crippen LogP contribution in [0.25, 0.3) is 0 Å². The molecule has 0 N–H and O–H groups in total. The average Bonchev–Trinajstić information content (AvgIpc) is 2.75. The van der Waals surface area contributed by atoms with E-state index in [4.69, 9.17) is 9.47 Å². The van der Waals surface area contributed by atoms with Crippen molar-refractivity contribution in [2.45, 2.75) is 130 Å². The largest absolute Gasteiger partial charge is 0.462 e. The molecule has 0 heterocycles. The molecule has 0 spiro atoms. The average molecular weight is 456 g/mol. The Balaban J connectivity index is 4.20. The fourth-order valence-corrected chi connectivity index (χ4v) is 3.88. The molecule has 0 fully saturated rings. The lowest BCUT2D eigenvalue weighted by Crippen LogP contribution is -2.25. The maximum Gasteiger partial charge on any atom is 0.309 e. The van der Waals surface area contributed by atoms with E-state index in [9.17, 15) is 9.59 Å². The summed E-state index contributed by atoms with van der Waals surface area (Å²) in [5.74, 6) is -0.319. The van der Waals surface area contributed by atoms with Gasteiger partial charge in [0, 0.05) is 6.42 Å². The molecule has 0 saturated carbocycles. The highest BCUT2D eigenvalue weighted by atomic mass is 16.6. The van der Waals surface area contributed by atoms with Crippen LogP contribution in [0.1, 0.15) is 124 Å². The smallest absolute Gasteiger partial charge is 0.309 e. The molecule has 0 aromatic rings. The summed E-state index contributed by atoms with van der Waals surface area (Å²) in [5, 5.41) is 0. The molecule has 2 unspecified atom stereocenters. The number of rotatable bonds is 22. The van der Waals surface area contributed by atoms with Crippen molar-refractivity contribution in [3.63, 3.8) is 0 Å². The number of carbonyl (C=O) groups excluding carboxylic acids is 2. The summed E-state index contributed by atoms with van der Waals surface area (Å²) in [7, 11) is 4.11. The minimum absolute atomic E-state index is 0.0161. The van der Waals surface area contributed by atoms with Gasteiger partial charge in [0.1, 0.15) is 12.7 Å². The second-order valence-corrected chi connectivity index (χ2v) is 9.65. The van der Waals surface area contributed by atoms with Crippen molar-refractivity contribution in [1.29, 1.82) is 0 Å². The van der Waals surface area contributed by atoms with E-state index < -0.39 is 0 Å². The van der Waals surface area contributed by atoms with Crippen LogP contribution in [0.3, 0.4) is 0 Å². The Morgan fingerprint density at radius 1 is 0.750 bits per heavy atom. The second kappa shape index (κ2) is 21.7. The van der Waals surface area contributed by atoms with Crippen molar-refractivity contribution in [2.24, 2.45) is 5.92 Å². The van der Waals surface area contributed by atoms with Gasteiger partial charge in [-0.2, -0.15) is 0 Å². The molecule has 2 atom stereocenters. The summed E-state index contributed by atoms with van der Waals surface area (Å²) in [5.41, 5.74) is 0. The van der Waals surface area contributed by atoms with Gasteiger partial charge in [-0.25, -0.2) is 0 Å². The lowest BCUT2D eigenvalue weighted by molar-refractivity contribution is -0.160. The van der Waals surface area contributed by atoms with Gasteiger partial charge in [-0.05, 0) is 53.2 Å². The van der Waals surface area contributed by atoms with Gasteiger partial charge in [-0.1, -0.05) is 84.5 Å². The molecule has 0 aromatic carbocycles. The number of carbonyl (C=O) groups is 2. The molecule has 5 nitrogen and oxygen atoms in total. The minimum Gasteiger partial charge on any atom is -0.462 e. The van der Waals surface area contributed by atoms with Gasteiger partial charge in [0.05, 0.1) is 5.92 Å². The number of hydrogen-bond donors (Lipinski definition) is 0.